The van der Waals surface area contributed by atoms with Gasteiger partial charge in [0.2, 0.25) is 0 Å². The van der Waals surface area contributed by atoms with Crippen LogP contribution in [0.2, 0.25) is 0 Å². The van der Waals surface area contributed by atoms with Crippen LogP contribution in [0.1, 0.15) is 0 Å². The molecular formula is C41H33N3P2. The van der Waals surface area contributed by atoms with Gasteiger partial charge in [0.05, 0.1) is 33.6 Å². The van der Waals surface area contributed by atoms with Gasteiger partial charge in [0.15, 0.2) is 0 Å². The van der Waals surface area contributed by atoms with E-state index in [1.54, 1.807) is 0 Å². The maximum absolute atomic E-state index is 5.24. The van der Waals surface area contributed by atoms with Gasteiger partial charge in [-0.2, -0.15) is 0 Å². The largest absolute Gasteiger partial charge is 0.246 e. The lowest BCUT2D eigenvalue weighted by molar-refractivity contribution is 1.24. The number of hydrogen-bond acceptors (Lipinski definition) is 3. The summed E-state index contributed by atoms with van der Waals surface area (Å²) in [6.45, 7) is -4.46. The summed E-state index contributed by atoms with van der Waals surface area (Å²) in [6, 6.07) is 60.5. The Morgan fingerprint density at radius 1 is 0.283 bits per heavy atom. The molecule has 0 saturated carbocycles. The molecule has 0 aliphatic carbocycles. The van der Waals surface area contributed by atoms with Gasteiger partial charge >= 0.3 is 0 Å². The Bertz CT molecular complexity index is 1960. The van der Waals surface area contributed by atoms with Crippen molar-refractivity contribution >= 4 is 58.5 Å². The second-order valence-electron chi connectivity index (χ2n) is 11.1. The molecule has 0 atom stereocenters. The number of nitrogens with zero attached hydrogens (tertiary/aromatic N) is 3. The van der Waals surface area contributed by atoms with E-state index in [1.165, 1.54) is 21.2 Å². The fraction of sp³-hybridized carbons (Fsp3) is 0. The van der Waals surface area contributed by atoms with E-state index in [0.29, 0.717) is 0 Å². The Morgan fingerprint density at radius 2 is 0.543 bits per heavy atom. The molecule has 4 aromatic carbocycles. The molecule has 7 aromatic rings. The fourth-order valence-electron chi connectivity index (χ4n) is 5.83. The molecule has 0 radical (unpaired) electrons. The molecule has 0 fully saturated rings. The quantitative estimate of drug-likeness (QED) is 0.177. The van der Waals surface area contributed by atoms with E-state index in [0.717, 1.165) is 33.6 Å². The predicted molar refractivity (Wildman–Crippen MR) is 202 cm³/mol. The van der Waals surface area contributed by atoms with Crippen molar-refractivity contribution in [3.63, 3.8) is 0 Å². The summed E-state index contributed by atoms with van der Waals surface area (Å²) in [5.41, 5.74) is 5.13. The highest BCUT2D eigenvalue weighted by Gasteiger charge is 2.25. The lowest BCUT2D eigenvalue weighted by atomic mass is 10.2. The van der Waals surface area contributed by atoms with Gasteiger partial charge in [0, 0.05) is 0 Å². The van der Waals surface area contributed by atoms with Gasteiger partial charge in [-0.1, -0.05) is 152 Å². The van der Waals surface area contributed by atoms with Crippen molar-refractivity contribution in [2.45, 2.75) is 0 Å². The van der Waals surface area contributed by atoms with Crippen LogP contribution in [0.15, 0.2) is 176 Å². The molecule has 0 aliphatic rings. The highest BCUT2D eigenvalue weighted by molar-refractivity contribution is 7.93. The Balaban J connectivity index is 1.31. The van der Waals surface area contributed by atoms with E-state index in [4.69, 9.17) is 27.6 Å². The van der Waals surface area contributed by atoms with Crippen LogP contribution in [0.5, 0.6) is 0 Å². The van der Waals surface area contributed by atoms with Gasteiger partial charge in [-0.15, -0.1) is 0 Å². The Morgan fingerprint density at radius 3 is 0.848 bits per heavy atom. The molecule has 0 saturated heterocycles. The second kappa shape index (κ2) is 12.7. The van der Waals surface area contributed by atoms with Crippen LogP contribution < -0.4 is 32.1 Å². The summed E-state index contributed by atoms with van der Waals surface area (Å²) in [7, 11) is 0. The first-order valence-electron chi connectivity index (χ1n) is 15.2. The van der Waals surface area contributed by atoms with Crippen molar-refractivity contribution < 1.29 is 0 Å². The Kier molecular flexibility index (Phi) is 8.20. The third-order valence-electron chi connectivity index (χ3n) is 8.31. The number of pyridine rings is 3. The normalized spacial score (nSPS) is 11.7. The third kappa shape index (κ3) is 5.50. The zero-order valence-corrected chi connectivity index (χ0v) is 27.2. The van der Waals surface area contributed by atoms with E-state index in [-0.39, 0.29) is 0 Å². The van der Waals surface area contributed by atoms with Gasteiger partial charge in [-0.3, -0.25) is 0 Å². The molecular weight excluding hydrogens is 596 g/mol. The number of benzene rings is 4. The van der Waals surface area contributed by atoms with Crippen LogP contribution in [0.25, 0.3) is 22.8 Å². The van der Waals surface area contributed by atoms with Gasteiger partial charge in [-0.25, -0.2) is 15.0 Å². The van der Waals surface area contributed by atoms with Crippen molar-refractivity contribution in [3.8, 4) is 22.8 Å². The smallest absolute Gasteiger partial charge is 0.0894 e. The molecule has 3 heterocycles. The summed E-state index contributed by atoms with van der Waals surface area (Å²) in [5.74, 6) is 0. The van der Waals surface area contributed by atoms with Crippen LogP contribution in [-0.2, 0) is 0 Å². The lowest BCUT2D eigenvalue weighted by Crippen LogP contribution is -2.27. The van der Waals surface area contributed by atoms with Gasteiger partial charge in [0.1, 0.15) is 0 Å². The average molecular weight is 630 g/mol. The first-order chi connectivity index (χ1) is 22.6. The fourth-order valence-corrected chi connectivity index (χ4v) is 11.5. The van der Waals surface area contributed by atoms with Crippen LogP contribution in [0, 0.1) is 0 Å². The van der Waals surface area contributed by atoms with Crippen LogP contribution >= 0.6 is 13.8 Å². The maximum atomic E-state index is 5.24. The topological polar surface area (TPSA) is 38.7 Å². The molecule has 0 spiro atoms. The number of hydrogen-bond donors (Lipinski definition) is 0. The molecule has 0 amide bonds. The van der Waals surface area contributed by atoms with Gasteiger partial charge in [-0.05, 0) is 71.4 Å². The lowest BCUT2D eigenvalue weighted by Gasteiger charge is -2.26. The molecule has 46 heavy (non-hydrogen) atoms. The molecule has 222 valence electrons. The highest BCUT2D eigenvalue weighted by Crippen LogP contribution is 2.42. The summed E-state index contributed by atoms with van der Waals surface area (Å²) >= 11 is 0. The summed E-state index contributed by atoms with van der Waals surface area (Å²) < 4.78 is 0. The van der Waals surface area contributed by atoms with E-state index in [1.807, 2.05) is 54.6 Å². The van der Waals surface area contributed by atoms with Crippen LogP contribution in [0.4, 0.5) is 0 Å². The molecule has 7 rings (SSSR count). The van der Waals surface area contributed by atoms with E-state index in [9.17, 15) is 0 Å². The standard InChI is InChI=1S/C41H33N3P2/c1-45(32-18-7-3-8-19-32,33-20-9-4-10-21-33)40-30-16-28-38(43-40)36-26-15-27-37(42-36)39-29-17-31-41(44-39)46(2,34-22-11-5-12-23-34)35-24-13-6-14-25-35/h3-31H,1-2H2. The van der Waals surface area contributed by atoms with Gasteiger partial charge in [0.25, 0.3) is 0 Å². The minimum absolute atomic E-state index is 0.793. The monoisotopic (exact) mass is 629 g/mol. The van der Waals surface area contributed by atoms with Crippen LogP contribution in [-0.4, -0.2) is 27.6 Å². The zero-order valence-electron chi connectivity index (χ0n) is 25.4. The number of rotatable bonds is 8. The minimum atomic E-state index is -2.23. The Hall–Kier alpha value is -5.07. The SMILES string of the molecule is C=P(c1ccccc1)(c1ccccc1)c1cccc(-c2cccc(-c3cccc(P(=C)(c4ccccc4)c4ccccc4)n3)n2)n1. The van der Waals surface area contributed by atoms with E-state index < -0.39 is 13.8 Å². The number of aromatic nitrogens is 3. The van der Waals surface area contributed by atoms with E-state index in [2.05, 4.69) is 121 Å². The van der Waals surface area contributed by atoms with Crippen molar-refractivity contribution in [1.82, 2.24) is 15.0 Å². The summed E-state index contributed by atoms with van der Waals surface area (Å²) in [4.78, 5) is 15.6. The summed E-state index contributed by atoms with van der Waals surface area (Å²) in [5, 5.41) is 4.74. The third-order valence-corrected chi connectivity index (χ3v) is 15.1. The molecule has 0 unspecified atom stereocenters. The minimum Gasteiger partial charge on any atom is -0.246 e. The molecule has 5 heteroatoms. The van der Waals surface area contributed by atoms with Crippen molar-refractivity contribution in [1.29, 1.82) is 0 Å². The molecule has 3 aromatic heterocycles. The maximum Gasteiger partial charge on any atom is 0.0894 e. The van der Waals surface area contributed by atoms with Crippen molar-refractivity contribution in [3.05, 3.63) is 176 Å². The Labute approximate surface area is 271 Å². The highest BCUT2D eigenvalue weighted by atomic mass is 31.2. The van der Waals surface area contributed by atoms with Gasteiger partial charge < -0.3 is 0 Å². The van der Waals surface area contributed by atoms with Crippen molar-refractivity contribution in [2.75, 3.05) is 0 Å². The average Bonchev–Trinajstić information content (AvgIpc) is 3.16. The zero-order chi connectivity index (χ0) is 31.4. The van der Waals surface area contributed by atoms with Crippen molar-refractivity contribution in [2.24, 2.45) is 0 Å². The van der Waals surface area contributed by atoms with Crippen LogP contribution in [0.3, 0.4) is 0 Å². The predicted octanol–water partition coefficient (Wildman–Crippen LogP) is 6.66. The first kappa shape index (κ1) is 29.6. The second-order valence-corrected chi connectivity index (χ2v) is 17.4. The first-order valence-corrected chi connectivity index (χ1v) is 19.1. The summed E-state index contributed by atoms with van der Waals surface area (Å²) in [6.07, 6.45) is 9.76. The van der Waals surface area contributed by atoms with E-state index >= 15 is 0 Å². The molecule has 0 aliphatic heterocycles. The molecule has 0 bridgehead atoms. The molecule has 3 nitrogen and oxygen atoms in total. The molecule has 0 N–H and O–H groups in total.